The van der Waals surface area contributed by atoms with E-state index in [2.05, 4.69) is 67.6 Å². The Kier molecular flexibility index (Phi) is 5.91. The van der Waals surface area contributed by atoms with Crippen LogP contribution in [0.3, 0.4) is 0 Å². The minimum absolute atomic E-state index is 0.0741. The van der Waals surface area contributed by atoms with E-state index in [0.717, 1.165) is 43.3 Å². The second kappa shape index (κ2) is 8.75. The van der Waals surface area contributed by atoms with Gasteiger partial charge in [0.2, 0.25) is 5.89 Å². The van der Waals surface area contributed by atoms with E-state index in [1.54, 1.807) is 0 Å². The minimum Gasteiger partial charge on any atom is -0.494 e. The van der Waals surface area contributed by atoms with Crippen molar-refractivity contribution in [2.24, 2.45) is 5.41 Å². The van der Waals surface area contributed by atoms with Crippen LogP contribution in [0.2, 0.25) is 0 Å². The van der Waals surface area contributed by atoms with Gasteiger partial charge in [-0.2, -0.15) is 4.98 Å². The summed E-state index contributed by atoms with van der Waals surface area (Å²) in [5.74, 6) is 2.62. The van der Waals surface area contributed by atoms with Crippen molar-refractivity contribution in [1.82, 2.24) is 10.1 Å². The van der Waals surface area contributed by atoms with Gasteiger partial charge in [-0.3, -0.25) is 0 Å². The highest BCUT2D eigenvalue weighted by atomic mass is 16.5. The molecule has 3 aliphatic carbocycles. The van der Waals surface area contributed by atoms with Gasteiger partial charge in [-0.25, -0.2) is 0 Å². The Hall–Kier alpha value is -2.82. The van der Waals surface area contributed by atoms with E-state index in [0.29, 0.717) is 12.0 Å². The van der Waals surface area contributed by atoms with E-state index < -0.39 is 0 Å². The molecule has 2 bridgehead atoms. The molecule has 0 spiro atoms. The molecule has 34 heavy (non-hydrogen) atoms. The summed E-state index contributed by atoms with van der Waals surface area (Å²) in [6, 6.07) is 17.1. The van der Waals surface area contributed by atoms with Crippen molar-refractivity contribution in [2.75, 3.05) is 18.5 Å². The smallest absolute Gasteiger partial charge is 0.232 e. The van der Waals surface area contributed by atoms with Crippen LogP contribution in [0.1, 0.15) is 77.9 Å². The van der Waals surface area contributed by atoms with E-state index in [4.69, 9.17) is 14.2 Å². The molecule has 6 rings (SSSR count). The van der Waals surface area contributed by atoms with E-state index in [9.17, 15) is 0 Å². The number of anilines is 1. The van der Waals surface area contributed by atoms with Gasteiger partial charge in [-0.1, -0.05) is 50.2 Å². The Morgan fingerprint density at radius 2 is 1.65 bits per heavy atom. The average molecular weight is 460 g/mol. The van der Waals surface area contributed by atoms with Gasteiger partial charge < -0.3 is 14.6 Å². The summed E-state index contributed by atoms with van der Waals surface area (Å²) < 4.78 is 11.4. The van der Waals surface area contributed by atoms with Crippen LogP contribution in [0, 0.1) is 5.41 Å². The molecule has 1 N–H and O–H groups in total. The van der Waals surface area contributed by atoms with Crippen LogP contribution in [0.25, 0.3) is 11.1 Å². The third-order valence-corrected chi connectivity index (χ3v) is 7.98. The number of ether oxygens (including phenoxy) is 1. The second-order valence-corrected chi connectivity index (χ2v) is 11.3. The van der Waals surface area contributed by atoms with Gasteiger partial charge in [0.05, 0.1) is 6.61 Å². The Balaban J connectivity index is 1.23. The van der Waals surface area contributed by atoms with E-state index in [1.165, 1.54) is 36.1 Å². The molecular formula is C29H37N3O2. The molecule has 1 heterocycles. The molecule has 0 atom stereocenters. The normalized spacial score (nSPS) is 24.2. The molecule has 0 amide bonds. The van der Waals surface area contributed by atoms with Crippen molar-refractivity contribution >= 4 is 5.69 Å². The van der Waals surface area contributed by atoms with Crippen molar-refractivity contribution in [3.8, 4) is 16.9 Å². The van der Waals surface area contributed by atoms with Gasteiger partial charge in [0.25, 0.3) is 0 Å². The van der Waals surface area contributed by atoms with Crippen LogP contribution in [0.15, 0.2) is 53.1 Å². The minimum atomic E-state index is -0.0741. The SMILES string of the molecule is CCOc1ccc(-c2cccc(NCC34CCC(c5nc(C(C)(C)C)no5)(CC3)CC4)c2)cc1. The number of aromatic nitrogens is 2. The highest BCUT2D eigenvalue weighted by Gasteiger charge is 2.52. The Bertz CT molecular complexity index is 1100. The first-order valence-electron chi connectivity index (χ1n) is 12.7. The molecule has 3 aliphatic rings. The number of fused-ring (bicyclic) bond motifs is 3. The summed E-state index contributed by atoms with van der Waals surface area (Å²) >= 11 is 0. The molecule has 3 aromatic rings. The standard InChI is InChI=1S/C29H37N3O2/c1-5-33-24-11-9-21(10-12-24)22-7-6-8-23(19-22)30-20-28-13-16-29(17-14-28,18-15-28)26-31-25(32-34-26)27(2,3)4/h6-12,19,30H,5,13-18,20H2,1-4H3. The lowest BCUT2D eigenvalue weighted by molar-refractivity contribution is 0.0322. The summed E-state index contributed by atoms with van der Waals surface area (Å²) in [5, 5.41) is 8.08. The van der Waals surface area contributed by atoms with E-state index in [-0.39, 0.29) is 10.8 Å². The monoisotopic (exact) mass is 459 g/mol. The second-order valence-electron chi connectivity index (χ2n) is 11.3. The lowest BCUT2D eigenvalue weighted by atomic mass is 9.53. The van der Waals surface area contributed by atoms with Crippen molar-refractivity contribution < 1.29 is 9.26 Å². The van der Waals surface area contributed by atoms with Crippen LogP contribution < -0.4 is 10.1 Å². The van der Waals surface area contributed by atoms with Crippen molar-refractivity contribution in [1.29, 1.82) is 0 Å². The summed E-state index contributed by atoms with van der Waals surface area (Å²) in [5.41, 5.74) is 4.00. The summed E-state index contributed by atoms with van der Waals surface area (Å²) in [6.07, 6.45) is 7.08. The maximum Gasteiger partial charge on any atom is 0.232 e. The number of hydrogen-bond acceptors (Lipinski definition) is 5. The van der Waals surface area contributed by atoms with E-state index in [1.807, 2.05) is 19.1 Å². The zero-order valence-corrected chi connectivity index (χ0v) is 21.0. The van der Waals surface area contributed by atoms with Crippen LogP contribution >= 0.6 is 0 Å². The van der Waals surface area contributed by atoms with Crippen LogP contribution in [-0.2, 0) is 10.8 Å². The van der Waals surface area contributed by atoms with Crippen LogP contribution in [-0.4, -0.2) is 23.3 Å². The number of nitrogens with zero attached hydrogens (tertiary/aromatic N) is 2. The first kappa shape index (κ1) is 22.9. The van der Waals surface area contributed by atoms with E-state index >= 15 is 0 Å². The number of hydrogen-bond donors (Lipinski definition) is 1. The van der Waals surface area contributed by atoms with Crippen molar-refractivity contribution in [3.63, 3.8) is 0 Å². The van der Waals surface area contributed by atoms with Gasteiger partial charge in [0.15, 0.2) is 5.82 Å². The van der Waals surface area contributed by atoms with Crippen LogP contribution in [0.4, 0.5) is 5.69 Å². The number of nitrogens with one attached hydrogen (secondary N) is 1. The number of rotatable bonds is 7. The predicted octanol–water partition coefficient (Wildman–Crippen LogP) is 7.14. The lowest BCUT2D eigenvalue weighted by Crippen LogP contribution is -2.47. The Labute approximate surface area is 203 Å². The van der Waals surface area contributed by atoms with Crippen molar-refractivity contribution in [3.05, 3.63) is 60.2 Å². The Morgan fingerprint density at radius 3 is 2.26 bits per heavy atom. The predicted molar refractivity (Wildman–Crippen MR) is 136 cm³/mol. The lowest BCUT2D eigenvalue weighted by Gasteiger charge is -2.52. The van der Waals surface area contributed by atoms with Gasteiger partial charge in [0.1, 0.15) is 5.75 Å². The quantitative estimate of drug-likeness (QED) is 0.407. The summed E-state index contributed by atoms with van der Waals surface area (Å²) in [6.45, 7) is 10.1. The van der Waals surface area contributed by atoms with Gasteiger partial charge in [-0.15, -0.1) is 0 Å². The molecule has 3 fully saturated rings. The topological polar surface area (TPSA) is 60.2 Å². The third-order valence-electron chi connectivity index (χ3n) is 7.98. The van der Waals surface area contributed by atoms with Gasteiger partial charge >= 0.3 is 0 Å². The third kappa shape index (κ3) is 4.45. The molecule has 5 nitrogen and oxygen atoms in total. The molecule has 2 aromatic carbocycles. The molecular weight excluding hydrogens is 422 g/mol. The fraction of sp³-hybridized carbons (Fsp3) is 0.517. The fourth-order valence-electron chi connectivity index (χ4n) is 5.60. The van der Waals surface area contributed by atoms with Gasteiger partial charge in [-0.05, 0) is 86.3 Å². The van der Waals surface area contributed by atoms with Gasteiger partial charge in [0, 0.05) is 23.1 Å². The zero-order valence-electron chi connectivity index (χ0n) is 21.0. The molecule has 0 radical (unpaired) electrons. The largest absolute Gasteiger partial charge is 0.494 e. The molecule has 0 aliphatic heterocycles. The zero-order chi connectivity index (χ0) is 23.8. The maximum atomic E-state index is 5.80. The number of benzene rings is 2. The van der Waals surface area contributed by atoms with Crippen molar-refractivity contribution in [2.45, 2.75) is 77.0 Å². The molecule has 0 saturated heterocycles. The first-order chi connectivity index (χ1) is 16.3. The first-order valence-corrected chi connectivity index (χ1v) is 12.7. The molecule has 180 valence electrons. The Morgan fingerprint density at radius 1 is 0.941 bits per heavy atom. The fourth-order valence-corrected chi connectivity index (χ4v) is 5.60. The molecule has 1 aromatic heterocycles. The summed E-state index contributed by atoms with van der Waals surface area (Å²) in [4.78, 5) is 4.84. The maximum absolute atomic E-state index is 5.80. The van der Waals surface area contributed by atoms with Crippen LogP contribution in [0.5, 0.6) is 5.75 Å². The molecule has 0 unspecified atom stereocenters. The molecule has 5 heteroatoms. The highest BCUT2D eigenvalue weighted by molar-refractivity contribution is 5.68. The average Bonchev–Trinajstić information content (AvgIpc) is 3.37. The summed E-state index contributed by atoms with van der Waals surface area (Å²) in [7, 11) is 0. The molecule has 3 saturated carbocycles. The highest BCUT2D eigenvalue weighted by Crippen LogP contribution is 2.57.